The zero-order valence-electron chi connectivity index (χ0n) is 7.73. The highest BCUT2D eigenvalue weighted by Crippen LogP contribution is 2.06. The molecule has 1 atom stereocenters. The molecule has 0 unspecified atom stereocenters. The zero-order valence-corrected chi connectivity index (χ0v) is 7.73. The van der Waals surface area contributed by atoms with Gasteiger partial charge in [-0.15, -0.1) is 0 Å². The highest BCUT2D eigenvalue weighted by atomic mass is 16.1. The number of nitrogens with zero attached hydrogens (tertiary/aromatic N) is 1. The lowest BCUT2D eigenvalue weighted by Gasteiger charge is -2.09. The van der Waals surface area contributed by atoms with Crippen LogP contribution < -0.4 is 5.73 Å². The van der Waals surface area contributed by atoms with Crippen molar-refractivity contribution in [2.45, 2.75) is 13.3 Å². The van der Waals surface area contributed by atoms with Gasteiger partial charge in [-0.05, 0) is 25.0 Å². The summed E-state index contributed by atoms with van der Waals surface area (Å²) in [5.41, 5.74) is 6.54. The first-order valence-electron chi connectivity index (χ1n) is 4.33. The number of pyridine rings is 1. The Bertz CT molecular complexity index is 272. The van der Waals surface area contributed by atoms with E-state index in [0.29, 0.717) is 13.0 Å². The summed E-state index contributed by atoms with van der Waals surface area (Å²) >= 11 is 0. The quantitative estimate of drug-likeness (QED) is 0.741. The molecule has 0 spiro atoms. The first kappa shape index (κ1) is 9.86. The third kappa shape index (κ3) is 2.95. The molecular formula is C10H14N2O. The number of ketones is 1. The fourth-order valence-corrected chi connectivity index (χ4v) is 1.20. The Labute approximate surface area is 78.0 Å². The molecule has 3 nitrogen and oxygen atoms in total. The van der Waals surface area contributed by atoms with Crippen molar-refractivity contribution in [3.63, 3.8) is 0 Å². The Morgan fingerprint density at radius 1 is 1.69 bits per heavy atom. The molecule has 1 rings (SSSR count). The lowest BCUT2D eigenvalue weighted by Crippen LogP contribution is -2.23. The van der Waals surface area contributed by atoms with E-state index in [9.17, 15) is 4.79 Å². The molecular weight excluding hydrogens is 164 g/mol. The molecule has 2 N–H and O–H groups in total. The van der Waals surface area contributed by atoms with Crippen LogP contribution in [0.2, 0.25) is 0 Å². The van der Waals surface area contributed by atoms with Gasteiger partial charge in [0.05, 0.1) is 0 Å². The monoisotopic (exact) mass is 178 g/mol. The van der Waals surface area contributed by atoms with E-state index in [2.05, 4.69) is 4.98 Å². The van der Waals surface area contributed by atoms with Gasteiger partial charge in [-0.25, -0.2) is 0 Å². The predicted molar refractivity (Wildman–Crippen MR) is 51.2 cm³/mol. The van der Waals surface area contributed by atoms with Gasteiger partial charge < -0.3 is 5.73 Å². The largest absolute Gasteiger partial charge is 0.330 e. The molecule has 70 valence electrons. The van der Waals surface area contributed by atoms with E-state index in [0.717, 1.165) is 5.56 Å². The summed E-state index contributed by atoms with van der Waals surface area (Å²) < 4.78 is 0. The minimum atomic E-state index is -0.0656. The van der Waals surface area contributed by atoms with Crippen LogP contribution in [0.3, 0.4) is 0 Å². The average molecular weight is 178 g/mol. The van der Waals surface area contributed by atoms with Crippen LogP contribution in [0.5, 0.6) is 0 Å². The van der Waals surface area contributed by atoms with Gasteiger partial charge in [-0.1, -0.05) is 6.07 Å². The summed E-state index contributed by atoms with van der Waals surface area (Å²) in [7, 11) is 0. The Kier molecular flexibility index (Phi) is 3.58. The van der Waals surface area contributed by atoms with Crippen molar-refractivity contribution in [2.24, 2.45) is 11.7 Å². The van der Waals surface area contributed by atoms with Crippen LogP contribution >= 0.6 is 0 Å². The van der Waals surface area contributed by atoms with Crippen molar-refractivity contribution in [3.8, 4) is 0 Å². The smallest absolute Gasteiger partial charge is 0.134 e. The van der Waals surface area contributed by atoms with Crippen LogP contribution in [-0.2, 0) is 11.2 Å². The predicted octanol–water partition coefficient (Wildman–Crippen LogP) is 0.788. The molecule has 0 bridgehead atoms. The van der Waals surface area contributed by atoms with Crippen molar-refractivity contribution < 1.29 is 4.79 Å². The van der Waals surface area contributed by atoms with Crippen molar-refractivity contribution in [1.82, 2.24) is 4.98 Å². The number of carbonyl (C=O) groups is 1. The highest BCUT2D eigenvalue weighted by molar-refractivity contribution is 5.78. The maximum atomic E-state index is 11.1. The standard InChI is InChI=1S/C10H14N2O/c1-8(13)10(6-11)5-9-3-2-4-12-7-9/h2-4,7,10H,5-6,11H2,1H3/t10-/m1/s1. The summed E-state index contributed by atoms with van der Waals surface area (Å²) in [6.45, 7) is 1.98. The van der Waals surface area contributed by atoms with Crippen LogP contribution in [0.1, 0.15) is 12.5 Å². The number of hydrogen-bond donors (Lipinski definition) is 1. The summed E-state index contributed by atoms with van der Waals surface area (Å²) in [4.78, 5) is 15.1. The lowest BCUT2D eigenvalue weighted by molar-refractivity contribution is -0.120. The third-order valence-corrected chi connectivity index (χ3v) is 2.06. The molecule has 1 aromatic heterocycles. The van der Waals surface area contributed by atoms with E-state index < -0.39 is 0 Å². The summed E-state index contributed by atoms with van der Waals surface area (Å²) in [6.07, 6.45) is 4.18. The van der Waals surface area contributed by atoms with E-state index in [-0.39, 0.29) is 11.7 Å². The Balaban J connectivity index is 2.62. The number of carbonyl (C=O) groups excluding carboxylic acids is 1. The third-order valence-electron chi connectivity index (χ3n) is 2.06. The molecule has 0 aliphatic rings. The summed E-state index contributed by atoms with van der Waals surface area (Å²) in [6, 6.07) is 3.82. The van der Waals surface area contributed by atoms with Gasteiger partial charge in [-0.3, -0.25) is 9.78 Å². The normalized spacial score (nSPS) is 12.5. The first-order valence-corrected chi connectivity index (χ1v) is 4.33. The number of hydrogen-bond acceptors (Lipinski definition) is 3. The van der Waals surface area contributed by atoms with Gasteiger partial charge in [0.15, 0.2) is 0 Å². The van der Waals surface area contributed by atoms with Gasteiger partial charge in [0.1, 0.15) is 5.78 Å². The van der Waals surface area contributed by atoms with Gasteiger partial charge in [0.25, 0.3) is 0 Å². The van der Waals surface area contributed by atoms with Crippen molar-refractivity contribution in [2.75, 3.05) is 6.54 Å². The van der Waals surface area contributed by atoms with Crippen molar-refractivity contribution in [3.05, 3.63) is 30.1 Å². The Morgan fingerprint density at radius 2 is 2.46 bits per heavy atom. The molecule has 0 aromatic carbocycles. The van der Waals surface area contributed by atoms with Gasteiger partial charge in [0, 0.05) is 24.9 Å². The highest BCUT2D eigenvalue weighted by Gasteiger charge is 2.12. The second kappa shape index (κ2) is 4.72. The van der Waals surface area contributed by atoms with Gasteiger partial charge in [0.2, 0.25) is 0 Å². The topological polar surface area (TPSA) is 56.0 Å². The van der Waals surface area contributed by atoms with E-state index in [1.807, 2.05) is 12.1 Å². The molecule has 0 amide bonds. The maximum absolute atomic E-state index is 11.1. The second-order valence-electron chi connectivity index (χ2n) is 3.11. The molecule has 1 aromatic rings. The fraction of sp³-hybridized carbons (Fsp3) is 0.400. The molecule has 3 heteroatoms. The molecule has 13 heavy (non-hydrogen) atoms. The number of Topliss-reactive ketones (excluding diaryl/α,β-unsaturated/α-hetero) is 1. The van der Waals surface area contributed by atoms with Gasteiger partial charge >= 0.3 is 0 Å². The minimum Gasteiger partial charge on any atom is -0.330 e. The van der Waals surface area contributed by atoms with E-state index in [4.69, 9.17) is 5.73 Å². The van der Waals surface area contributed by atoms with Crippen LogP contribution in [0, 0.1) is 5.92 Å². The van der Waals surface area contributed by atoms with Gasteiger partial charge in [-0.2, -0.15) is 0 Å². The van der Waals surface area contributed by atoms with Crippen LogP contribution in [-0.4, -0.2) is 17.3 Å². The van der Waals surface area contributed by atoms with Crippen LogP contribution in [0.25, 0.3) is 0 Å². The SMILES string of the molecule is CC(=O)[C@@H](CN)Cc1cccnc1. The van der Waals surface area contributed by atoms with E-state index >= 15 is 0 Å². The number of aromatic nitrogens is 1. The van der Waals surface area contributed by atoms with Crippen LogP contribution in [0.15, 0.2) is 24.5 Å². The zero-order chi connectivity index (χ0) is 9.68. The summed E-state index contributed by atoms with van der Waals surface area (Å²) in [5.74, 6) is 0.0792. The number of nitrogens with two attached hydrogens (primary N) is 1. The molecule has 1 heterocycles. The summed E-state index contributed by atoms with van der Waals surface area (Å²) in [5, 5.41) is 0. The van der Waals surface area contributed by atoms with E-state index in [1.165, 1.54) is 0 Å². The Hall–Kier alpha value is -1.22. The maximum Gasteiger partial charge on any atom is 0.134 e. The number of rotatable bonds is 4. The molecule has 0 saturated heterocycles. The van der Waals surface area contributed by atoms with Crippen molar-refractivity contribution >= 4 is 5.78 Å². The van der Waals surface area contributed by atoms with Crippen LogP contribution in [0.4, 0.5) is 0 Å². The molecule has 0 radical (unpaired) electrons. The van der Waals surface area contributed by atoms with E-state index in [1.54, 1.807) is 19.3 Å². The molecule has 0 fully saturated rings. The molecule has 0 aliphatic heterocycles. The first-order chi connectivity index (χ1) is 6.24. The minimum absolute atomic E-state index is 0.0656. The lowest BCUT2D eigenvalue weighted by atomic mass is 9.97. The Morgan fingerprint density at radius 3 is 2.92 bits per heavy atom. The second-order valence-corrected chi connectivity index (χ2v) is 3.11. The molecule has 0 aliphatic carbocycles. The average Bonchev–Trinajstić information content (AvgIpc) is 2.15. The molecule has 0 saturated carbocycles. The fourth-order valence-electron chi connectivity index (χ4n) is 1.20. The van der Waals surface area contributed by atoms with Crippen molar-refractivity contribution in [1.29, 1.82) is 0 Å².